The fraction of sp³-hybridized carbons (Fsp3) is 0.458. The molecule has 1 fully saturated rings. The summed E-state index contributed by atoms with van der Waals surface area (Å²) in [6.07, 6.45) is 0.195. The summed E-state index contributed by atoms with van der Waals surface area (Å²) in [6, 6.07) is 4.45. The second kappa shape index (κ2) is 8.31. The molecule has 8 heteroatoms. The summed E-state index contributed by atoms with van der Waals surface area (Å²) < 4.78 is 5.44. The number of hydrogen-bond donors (Lipinski definition) is 3. The van der Waals surface area contributed by atoms with Gasteiger partial charge in [0.25, 0.3) is 0 Å². The van der Waals surface area contributed by atoms with Crippen molar-refractivity contribution in [2.75, 3.05) is 12.9 Å². The third-order valence-corrected chi connectivity index (χ3v) is 8.20. The zero-order valence-electron chi connectivity index (χ0n) is 18.9. The largest absolute Gasteiger partial charge is 0.507 e. The van der Waals surface area contributed by atoms with Crippen LogP contribution in [0.3, 0.4) is 0 Å². The standard InChI is InChI=1S/C24H29NO6S/c1-12-15-8-7-14(31-6)9-16(15)24(5)19(32-11-17(22(29)30)25-13(2)26)10-18(27)23(3,4)21(24)20(12)28/h7-9,17,19,28H,1,10-11H2,2-6H3,(H,25,26)(H,29,30). The lowest BCUT2D eigenvalue weighted by Crippen LogP contribution is -2.54. The fourth-order valence-electron chi connectivity index (χ4n) is 4.91. The molecule has 2 aliphatic rings. The first kappa shape index (κ1) is 23.9. The van der Waals surface area contributed by atoms with Crippen molar-refractivity contribution in [3.8, 4) is 5.75 Å². The first-order valence-electron chi connectivity index (χ1n) is 10.3. The van der Waals surface area contributed by atoms with Gasteiger partial charge in [0, 0.05) is 40.8 Å². The first-order valence-corrected chi connectivity index (χ1v) is 11.4. The predicted octanol–water partition coefficient (Wildman–Crippen LogP) is 3.48. The van der Waals surface area contributed by atoms with Crippen LogP contribution < -0.4 is 10.1 Å². The van der Waals surface area contributed by atoms with Gasteiger partial charge in [-0.05, 0) is 42.7 Å². The number of nitrogens with one attached hydrogen (secondary N) is 1. The zero-order chi connectivity index (χ0) is 24.0. The van der Waals surface area contributed by atoms with Crippen molar-refractivity contribution in [1.29, 1.82) is 0 Å². The molecule has 0 radical (unpaired) electrons. The number of hydrogen-bond acceptors (Lipinski definition) is 6. The third-order valence-electron chi connectivity index (χ3n) is 6.63. The Balaban J connectivity index is 2.15. The molecule has 0 saturated heterocycles. The van der Waals surface area contributed by atoms with Crippen LogP contribution in [0.1, 0.15) is 45.2 Å². The van der Waals surface area contributed by atoms with E-state index in [1.807, 2.05) is 19.1 Å². The van der Waals surface area contributed by atoms with Crippen molar-refractivity contribution in [3.63, 3.8) is 0 Å². The van der Waals surface area contributed by atoms with Gasteiger partial charge >= 0.3 is 5.97 Å². The van der Waals surface area contributed by atoms with Crippen molar-refractivity contribution in [2.24, 2.45) is 5.41 Å². The molecule has 3 unspecified atom stereocenters. The highest BCUT2D eigenvalue weighted by atomic mass is 32.2. The predicted molar refractivity (Wildman–Crippen MR) is 124 cm³/mol. The number of thioether (sulfide) groups is 1. The van der Waals surface area contributed by atoms with Crippen molar-refractivity contribution >= 4 is 35.0 Å². The monoisotopic (exact) mass is 459 g/mol. The number of aliphatic carboxylic acids is 1. The summed E-state index contributed by atoms with van der Waals surface area (Å²) in [6.45, 7) is 10.9. The molecule has 2 aliphatic carbocycles. The maximum absolute atomic E-state index is 13.2. The summed E-state index contributed by atoms with van der Waals surface area (Å²) in [5.41, 5.74) is 0.959. The van der Waals surface area contributed by atoms with Gasteiger partial charge < -0.3 is 20.3 Å². The lowest BCUT2D eigenvalue weighted by atomic mass is 9.53. The van der Waals surface area contributed by atoms with Crippen LogP contribution in [0.4, 0.5) is 0 Å². The van der Waals surface area contributed by atoms with Crippen LogP contribution in [-0.4, -0.2) is 52.0 Å². The maximum atomic E-state index is 13.2. The fourth-order valence-corrected chi connectivity index (χ4v) is 6.40. The molecule has 172 valence electrons. The number of allylic oxidation sites excluding steroid dienone is 2. The number of carboxylic acids is 1. The number of carbonyl (C=O) groups excluding carboxylic acids is 2. The van der Waals surface area contributed by atoms with Gasteiger partial charge in [-0.2, -0.15) is 11.8 Å². The van der Waals surface area contributed by atoms with Gasteiger partial charge in [-0.25, -0.2) is 4.79 Å². The zero-order valence-corrected chi connectivity index (χ0v) is 19.8. The average Bonchev–Trinajstić information content (AvgIpc) is 2.72. The second-order valence-electron chi connectivity index (χ2n) is 8.98. The number of aliphatic hydroxyl groups excluding tert-OH is 1. The normalized spacial score (nSPS) is 25.0. The van der Waals surface area contributed by atoms with Crippen LogP contribution in [0.25, 0.3) is 5.57 Å². The molecule has 3 N–H and O–H groups in total. The molecule has 0 aliphatic heterocycles. The van der Waals surface area contributed by atoms with E-state index in [4.69, 9.17) is 4.74 Å². The Morgan fingerprint density at radius 1 is 1.34 bits per heavy atom. The van der Waals surface area contributed by atoms with E-state index in [0.717, 1.165) is 11.1 Å². The van der Waals surface area contributed by atoms with Gasteiger partial charge in [-0.15, -0.1) is 0 Å². The molecule has 0 spiro atoms. The number of methoxy groups -OCH3 is 1. The van der Waals surface area contributed by atoms with Crippen LogP contribution in [0.15, 0.2) is 36.1 Å². The van der Waals surface area contributed by atoms with E-state index in [2.05, 4.69) is 11.9 Å². The van der Waals surface area contributed by atoms with Gasteiger partial charge in [0.2, 0.25) is 5.91 Å². The molecular weight excluding hydrogens is 430 g/mol. The van der Waals surface area contributed by atoms with Crippen LogP contribution in [0.2, 0.25) is 0 Å². The van der Waals surface area contributed by atoms with E-state index in [0.29, 0.717) is 16.9 Å². The number of rotatable bonds is 6. The molecule has 3 rings (SSSR count). The quantitative estimate of drug-likeness (QED) is 0.597. The number of ether oxygens (including phenoxy) is 1. The summed E-state index contributed by atoms with van der Waals surface area (Å²) in [5.74, 6) is -0.897. The van der Waals surface area contributed by atoms with E-state index in [9.17, 15) is 24.6 Å². The average molecular weight is 460 g/mol. The number of fused-ring (bicyclic) bond motifs is 3. The second-order valence-corrected chi connectivity index (χ2v) is 10.2. The highest BCUT2D eigenvalue weighted by Crippen LogP contribution is 2.59. The van der Waals surface area contributed by atoms with E-state index in [1.54, 1.807) is 27.0 Å². The Bertz CT molecular complexity index is 1040. The molecule has 0 heterocycles. The summed E-state index contributed by atoms with van der Waals surface area (Å²) in [4.78, 5) is 36.3. The molecule has 32 heavy (non-hydrogen) atoms. The first-order chi connectivity index (χ1) is 14.8. The number of carboxylic acid groups (broad SMARTS) is 1. The molecule has 1 amide bonds. The van der Waals surface area contributed by atoms with Crippen molar-refractivity contribution in [3.05, 3.63) is 47.2 Å². The lowest BCUT2D eigenvalue weighted by Gasteiger charge is -2.52. The van der Waals surface area contributed by atoms with Gasteiger partial charge in [-0.3, -0.25) is 9.59 Å². The molecule has 1 saturated carbocycles. The SMILES string of the molecule is C=C1C(O)=C2C(C)(C)C(=O)CC(SCC(NC(C)=O)C(=O)O)C2(C)c2cc(OC)ccc21. The minimum atomic E-state index is -1.14. The number of amides is 1. The maximum Gasteiger partial charge on any atom is 0.327 e. The Kier molecular flexibility index (Phi) is 6.21. The van der Waals surface area contributed by atoms with E-state index < -0.39 is 28.7 Å². The van der Waals surface area contributed by atoms with Gasteiger partial charge in [0.1, 0.15) is 23.3 Å². The molecule has 0 aromatic heterocycles. The smallest absolute Gasteiger partial charge is 0.327 e. The van der Waals surface area contributed by atoms with Crippen LogP contribution >= 0.6 is 11.8 Å². The number of Topliss-reactive ketones (excluding diaryl/α,β-unsaturated/α-hetero) is 1. The van der Waals surface area contributed by atoms with Crippen LogP contribution in [-0.2, 0) is 19.8 Å². The number of carbonyl (C=O) groups is 3. The molecule has 0 bridgehead atoms. The summed E-state index contributed by atoms with van der Waals surface area (Å²) in [5, 5.41) is 22.8. The number of aliphatic hydroxyl groups is 1. The molecular formula is C24H29NO6S. The molecule has 1 aromatic rings. The lowest BCUT2D eigenvalue weighted by molar-refractivity contribution is -0.140. The summed E-state index contributed by atoms with van der Waals surface area (Å²) in [7, 11) is 1.57. The Labute approximate surface area is 191 Å². The highest BCUT2D eigenvalue weighted by Gasteiger charge is 2.57. The topological polar surface area (TPSA) is 113 Å². The van der Waals surface area contributed by atoms with Gasteiger partial charge in [0.05, 0.1) is 7.11 Å². The molecule has 3 atom stereocenters. The number of ketones is 1. The Hall–Kier alpha value is -2.74. The number of benzene rings is 1. The van der Waals surface area contributed by atoms with Crippen molar-refractivity contribution in [2.45, 2.75) is 50.8 Å². The van der Waals surface area contributed by atoms with Crippen molar-refractivity contribution < 1.29 is 29.3 Å². The van der Waals surface area contributed by atoms with E-state index in [1.165, 1.54) is 18.7 Å². The van der Waals surface area contributed by atoms with Crippen LogP contribution in [0.5, 0.6) is 5.75 Å². The summed E-state index contributed by atoms with van der Waals surface area (Å²) >= 11 is 1.31. The van der Waals surface area contributed by atoms with E-state index >= 15 is 0 Å². The Morgan fingerprint density at radius 2 is 2.00 bits per heavy atom. The van der Waals surface area contributed by atoms with Gasteiger partial charge in [0.15, 0.2) is 0 Å². The molecule has 1 aromatic carbocycles. The Morgan fingerprint density at radius 3 is 2.56 bits per heavy atom. The van der Waals surface area contributed by atoms with E-state index in [-0.39, 0.29) is 29.0 Å². The third kappa shape index (κ3) is 3.70. The van der Waals surface area contributed by atoms with Crippen molar-refractivity contribution in [1.82, 2.24) is 5.32 Å². The minimum Gasteiger partial charge on any atom is -0.507 e. The minimum absolute atomic E-state index is 0.00506. The van der Waals surface area contributed by atoms with Crippen LogP contribution in [0, 0.1) is 5.41 Å². The highest BCUT2D eigenvalue weighted by molar-refractivity contribution is 8.00. The van der Waals surface area contributed by atoms with Gasteiger partial charge in [-0.1, -0.05) is 19.6 Å². The molecule has 7 nitrogen and oxygen atoms in total.